The Hall–Kier alpha value is -1.51. The van der Waals surface area contributed by atoms with Crippen LogP contribution in [0.25, 0.3) is 0 Å². The van der Waals surface area contributed by atoms with Gasteiger partial charge in [-0.05, 0) is 20.8 Å². The van der Waals surface area contributed by atoms with Gasteiger partial charge in [0.25, 0.3) is 0 Å². The smallest absolute Gasteiger partial charge is 0.407 e. The molecule has 34 heavy (non-hydrogen) atoms. The highest BCUT2D eigenvalue weighted by atomic mass is 35.5. The molecule has 0 unspecified atom stereocenters. The van der Waals surface area contributed by atoms with Gasteiger partial charge in [-0.3, -0.25) is 4.90 Å². The normalized spacial score (nSPS) is 16.5. The molecule has 1 amide bonds. The fourth-order valence-corrected chi connectivity index (χ4v) is 4.42. The van der Waals surface area contributed by atoms with Gasteiger partial charge < -0.3 is 24.3 Å². The standard InChI is InChI=1S/C20H36ClN5O7S/c1-20(2,3)33-19(27)22-4-8-30-10-12-32-13-11-31-9-5-26-18(21)17(23-24-26)16-25-6-14-34(28,29)15-7-25/h4-16H2,1-3H3,(H,22,27). The van der Waals surface area contributed by atoms with Gasteiger partial charge in [0.2, 0.25) is 0 Å². The van der Waals surface area contributed by atoms with Gasteiger partial charge >= 0.3 is 6.09 Å². The lowest BCUT2D eigenvalue weighted by atomic mass is 10.2. The summed E-state index contributed by atoms with van der Waals surface area (Å²) in [7, 11) is -2.92. The van der Waals surface area contributed by atoms with Crippen molar-refractivity contribution >= 4 is 27.5 Å². The van der Waals surface area contributed by atoms with Crippen LogP contribution in [0.4, 0.5) is 4.79 Å². The van der Waals surface area contributed by atoms with E-state index in [4.69, 9.17) is 30.5 Å². The van der Waals surface area contributed by atoms with Gasteiger partial charge in [-0.2, -0.15) is 0 Å². The Morgan fingerprint density at radius 2 is 1.62 bits per heavy atom. The molecule has 0 atom stereocenters. The van der Waals surface area contributed by atoms with Crippen molar-refractivity contribution in [1.82, 2.24) is 25.2 Å². The van der Waals surface area contributed by atoms with Crippen LogP contribution >= 0.6 is 11.6 Å². The predicted octanol–water partition coefficient (Wildman–Crippen LogP) is 0.736. The molecule has 0 aliphatic carbocycles. The molecule has 1 aliphatic rings. The number of aromatic nitrogens is 3. The minimum absolute atomic E-state index is 0.159. The topological polar surface area (TPSA) is 134 Å². The summed E-state index contributed by atoms with van der Waals surface area (Å²) >= 11 is 6.35. The van der Waals surface area contributed by atoms with E-state index in [0.29, 0.717) is 83.2 Å². The van der Waals surface area contributed by atoms with Crippen molar-refractivity contribution in [2.75, 3.05) is 70.8 Å². The van der Waals surface area contributed by atoms with Crippen LogP contribution in [0.15, 0.2) is 0 Å². The number of alkyl carbamates (subject to hydrolysis) is 1. The summed E-state index contributed by atoms with van der Waals surface area (Å²) in [6.45, 7) is 10.1. The summed E-state index contributed by atoms with van der Waals surface area (Å²) in [5.41, 5.74) is 0.110. The van der Waals surface area contributed by atoms with Crippen LogP contribution in [0.3, 0.4) is 0 Å². The van der Waals surface area contributed by atoms with Crippen molar-refractivity contribution in [3.63, 3.8) is 0 Å². The quantitative estimate of drug-likeness (QED) is 0.346. The molecule has 12 nitrogen and oxygen atoms in total. The van der Waals surface area contributed by atoms with Gasteiger partial charge in [-0.1, -0.05) is 16.8 Å². The molecule has 2 heterocycles. The third-order valence-electron chi connectivity index (χ3n) is 4.65. The van der Waals surface area contributed by atoms with Gasteiger partial charge in [0.15, 0.2) is 15.0 Å². The Morgan fingerprint density at radius 1 is 1.03 bits per heavy atom. The Morgan fingerprint density at radius 3 is 2.24 bits per heavy atom. The lowest BCUT2D eigenvalue weighted by molar-refractivity contribution is 0.0122. The van der Waals surface area contributed by atoms with Crippen molar-refractivity contribution in [2.24, 2.45) is 0 Å². The van der Waals surface area contributed by atoms with E-state index in [0.717, 1.165) is 0 Å². The first-order chi connectivity index (χ1) is 16.1. The average molecular weight is 526 g/mol. The van der Waals surface area contributed by atoms with Crippen molar-refractivity contribution in [1.29, 1.82) is 0 Å². The van der Waals surface area contributed by atoms with Crippen LogP contribution in [-0.2, 0) is 41.9 Å². The van der Waals surface area contributed by atoms with Crippen LogP contribution in [0.1, 0.15) is 26.5 Å². The second-order valence-electron chi connectivity index (χ2n) is 8.74. The van der Waals surface area contributed by atoms with Crippen LogP contribution < -0.4 is 5.32 Å². The van der Waals surface area contributed by atoms with E-state index >= 15 is 0 Å². The van der Waals surface area contributed by atoms with E-state index in [9.17, 15) is 13.2 Å². The van der Waals surface area contributed by atoms with E-state index in [1.165, 1.54) is 0 Å². The molecule has 0 saturated carbocycles. The zero-order chi connectivity index (χ0) is 25.0. The first-order valence-electron chi connectivity index (χ1n) is 11.3. The van der Waals surface area contributed by atoms with Crippen LogP contribution in [0.5, 0.6) is 0 Å². The Kier molecular flexibility index (Phi) is 12.0. The van der Waals surface area contributed by atoms with Crippen molar-refractivity contribution in [3.05, 3.63) is 10.8 Å². The molecule has 0 bridgehead atoms. The fraction of sp³-hybridized carbons (Fsp3) is 0.850. The molecular formula is C20H36ClN5O7S. The van der Waals surface area contributed by atoms with Crippen LogP contribution in [0.2, 0.25) is 5.15 Å². The third-order valence-corrected chi connectivity index (χ3v) is 6.68. The van der Waals surface area contributed by atoms with E-state index in [2.05, 4.69) is 15.6 Å². The van der Waals surface area contributed by atoms with Gasteiger partial charge in [-0.15, -0.1) is 5.10 Å². The summed E-state index contributed by atoms with van der Waals surface area (Å²) in [5.74, 6) is 0.318. The molecule has 1 aromatic rings. The van der Waals surface area contributed by atoms with E-state index in [1.807, 2.05) is 4.90 Å². The molecule has 1 saturated heterocycles. The zero-order valence-corrected chi connectivity index (χ0v) is 21.7. The van der Waals surface area contributed by atoms with Crippen LogP contribution in [0, 0.1) is 0 Å². The molecule has 0 spiro atoms. The monoisotopic (exact) mass is 525 g/mol. The molecule has 196 valence electrons. The second kappa shape index (κ2) is 14.1. The van der Waals surface area contributed by atoms with Crippen molar-refractivity contribution in [2.45, 2.75) is 39.5 Å². The summed E-state index contributed by atoms with van der Waals surface area (Å²) in [5, 5.41) is 11.2. The maximum absolute atomic E-state index is 11.5. The minimum Gasteiger partial charge on any atom is -0.444 e. The number of amides is 1. The highest BCUT2D eigenvalue weighted by Crippen LogP contribution is 2.16. The first-order valence-corrected chi connectivity index (χ1v) is 13.5. The predicted molar refractivity (Wildman–Crippen MR) is 126 cm³/mol. The summed E-state index contributed by atoms with van der Waals surface area (Å²) < 4.78 is 46.1. The largest absolute Gasteiger partial charge is 0.444 e. The molecule has 2 rings (SSSR count). The number of rotatable bonds is 14. The number of nitrogens with zero attached hydrogens (tertiary/aromatic N) is 4. The lowest BCUT2D eigenvalue weighted by Crippen LogP contribution is -2.39. The summed E-state index contributed by atoms with van der Waals surface area (Å²) in [4.78, 5) is 13.5. The molecular weight excluding hydrogens is 490 g/mol. The van der Waals surface area contributed by atoms with Crippen molar-refractivity contribution < 1.29 is 32.2 Å². The SMILES string of the molecule is CC(C)(C)OC(=O)NCCOCCOCCOCCn1nnc(CN2CCS(=O)(=O)CC2)c1Cl. The maximum Gasteiger partial charge on any atom is 0.407 e. The number of hydrogen-bond donors (Lipinski definition) is 1. The van der Waals surface area contributed by atoms with E-state index < -0.39 is 21.5 Å². The number of ether oxygens (including phenoxy) is 4. The Balaban J connectivity index is 1.45. The zero-order valence-electron chi connectivity index (χ0n) is 20.1. The molecule has 0 radical (unpaired) electrons. The molecule has 14 heteroatoms. The van der Waals surface area contributed by atoms with E-state index in [1.54, 1.807) is 25.5 Å². The van der Waals surface area contributed by atoms with Gasteiger partial charge in [-0.25, -0.2) is 17.9 Å². The molecule has 0 aromatic carbocycles. The van der Waals surface area contributed by atoms with Crippen molar-refractivity contribution in [3.8, 4) is 0 Å². The number of carbonyl (C=O) groups excluding carboxylic acids is 1. The Bertz CT molecular complexity index is 846. The second-order valence-corrected chi connectivity index (χ2v) is 11.4. The highest BCUT2D eigenvalue weighted by Gasteiger charge is 2.23. The summed E-state index contributed by atoms with van der Waals surface area (Å²) in [6.07, 6.45) is -0.465. The number of halogens is 1. The number of hydrogen-bond acceptors (Lipinski definition) is 10. The fourth-order valence-electron chi connectivity index (χ4n) is 2.93. The molecule has 1 aromatic heterocycles. The van der Waals surface area contributed by atoms with Crippen LogP contribution in [-0.4, -0.2) is 111 Å². The molecule has 1 aliphatic heterocycles. The Labute approximate surface area is 206 Å². The van der Waals surface area contributed by atoms with Gasteiger partial charge in [0.05, 0.1) is 57.7 Å². The number of carbonyl (C=O) groups is 1. The molecule has 1 N–H and O–H groups in total. The lowest BCUT2D eigenvalue weighted by Gasteiger charge is -2.25. The third kappa shape index (κ3) is 11.8. The number of sulfone groups is 1. The van der Waals surface area contributed by atoms with E-state index in [-0.39, 0.29) is 11.5 Å². The summed E-state index contributed by atoms with van der Waals surface area (Å²) in [6, 6.07) is 0. The average Bonchev–Trinajstić information content (AvgIpc) is 3.08. The first kappa shape index (κ1) is 28.7. The number of nitrogens with one attached hydrogen (secondary N) is 1. The van der Waals surface area contributed by atoms with Gasteiger partial charge in [0.1, 0.15) is 11.3 Å². The molecule has 1 fully saturated rings. The minimum atomic E-state index is -2.92. The van der Waals surface area contributed by atoms with Gasteiger partial charge in [0, 0.05) is 26.2 Å². The maximum atomic E-state index is 11.5. The highest BCUT2D eigenvalue weighted by molar-refractivity contribution is 7.91.